The zero-order chi connectivity index (χ0) is 12.3. The number of benzene rings is 1. The van der Waals surface area contributed by atoms with Crippen molar-refractivity contribution in [2.45, 2.75) is 0 Å². The van der Waals surface area contributed by atoms with Crippen LogP contribution < -0.4 is 0 Å². The van der Waals surface area contributed by atoms with Crippen LogP contribution in [-0.2, 0) is 4.74 Å². The van der Waals surface area contributed by atoms with Crippen LogP contribution in [0.1, 0.15) is 10.4 Å². The number of methoxy groups -OCH3 is 1. The summed E-state index contributed by atoms with van der Waals surface area (Å²) in [6.07, 6.45) is 4.57. The predicted molar refractivity (Wildman–Crippen MR) is 58.8 cm³/mol. The Bertz CT molecular complexity index is 543. The van der Waals surface area contributed by atoms with Gasteiger partial charge in [-0.25, -0.2) is 9.18 Å². The summed E-state index contributed by atoms with van der Waals surface area (Å²) in [6.45, 7) is 0. The normalized spacial score (nSPS) is 10.0. The number of halogens is 1. The third-order valence-corrected chi connectivity index (χ3v) is 2.23. The van der Waals surface area contributed by atoms with E-state index in [0.29, 0.717) is 11.3 Å². The molecule has 0 radical (unpaired) electrons. The SMILES string of the molecule is COC(=O)c1ccc(-c2cnccn2)cc1F. The summed E-state index contributed by atoms with van der Waals surface area (Å²) in [4.78, 5) is 19.1. The first-order valence-corrected chi connectivity index (χ1v) is 4.86. The molecule has 0 spiro atoms. The zero-order valence-corrected chi connectivity index (χ0v) is 9.05. The smallest absolute Gasteiger partial charge is 0.340 e. The van der Waals surface area contributed by atoms with Gasteiger partial charge in [-0.15, -0.1) is 0 Å². The highest BCUT2D eigenvalue weighted by molar-refractivity contribution is 5.90. The summed E-state index contributed by atoms with van der Waals surface area (Å²) in [6, 6.07) is 4.20. The van der Waals surface area contributed by atoms with Crippen molar-refractivity contribution in [2.75, 3.05) is 7.11 Å². The van der Waals surface area contributed by atoms with E-state index in [0.717, 1.165) is 0 Å². The molecule has 0 unspecified atom stereocenters. The molecule has 0 atom stereocenters. The Morgan fingerprint density at radius 3 is 2.76 bits per heavy atom. The van der Waals surface area contributed by atoms with Gasteiger partial charge in [-0.3, -0.25) is 9.97 Å². The zero-order valence-electron chi connectivity index (χ0n) is 9.05. The Labute approximate surface area is 97.1 Å². The quantitative estimate of drug-likeness (QED) is 0.744. The minimum absolute atomic E-state index is 0.0971. The molecule has 0 aliphatic rings. The van der Waals surface area contributed by atoms with Crippen molar-refractivity contribution in [1.82, 2.24) is 9.97 Å². The van der Waals surface area contributed by atoms with E-state index < -0.39 is 11.8 Å². The predicted octanol–water partition coefficient (Wildman–Crippen LogP) is 2.07. The fourth-order valence-corrected chi connectivity index (χ4v) is 1.40. The molecular formula is C12H9FN2O2. The van der Waals surface area contributed by atoms with Crippen LogP contribution in [0, 0.1) is 5.82 Å². The summed E-state index contributed by atoms with van der Waals surface area (Å²) < 4.78 is 18.1. The summed E-state index contributed by atoms with van der Waals surface area (Å²) in [7, 11) is 1.21. The number of hydrogen-bond acceptors (Lipinski definition) is 4. The molecule has 86 valence electrons. The van der Waals surface area contributed by atoms with Crippen molar-refractivity contribution < 1.29 is 13.9 Å². The minimum atomic E-state index is -0.701. The summed E-state index contributed by atoms with van der Waals surface area (Å²) in [5.74, 6) is -1.34. The van der Waals surface area contributed by atoms with Crippen LogP contribution in [0.3, 0.4) is 0 Å². The van der Waals surface area contributed by atoms with Gasteiger partial charge in [0.2, 0.25) is 0 Å². The number of nitrogens with zero attached hydrogens (tertiary/aromatic N) is 2. The van der Waals surface area contributed by atoms with Crippen LogP contribution in [0.4, 0.5) is 4.39 Å². The number of aromatic nitrogens is 2. The summed E-state index contributed by atoms with van der Waals surface area (Å²) >= 11 is 0. The summed E-state index contributed by atoms with van der Waals surface area (Å²) in [5, 5.41) is 0. The molecule has 0 aliphatic carbocycles. The third kappa shape index (κ3) is 2.28. The highest BCUT2D eigenvalue weighted by atomic mass is 19.1. The molecule has 4 nitrogen and oxygen atoms in total. The molecule has 1 aromatic carbocycles. The fraction of sp³-hybridized carbons (Fsp3) is 0.0833. The van der Waals surface area contributed by atoms with Crippen LogP contribution >= 0.6 is 0 Å². The molecule has 1 heterocycles. The molecule has 5 heteroatoms. The Balaban J connectivity index is 2.41. The van der Waals surface area contributed by atoms with Crippen molar-refractivity contribution in [1.29, 1.82) is 0 Å². The second kappa shape index (κ2) is 4.69. The number of carbonyl (C=O) groups is 1. The molecule has 0 N–H and O–H groups in total. The van der Waals surface area contributed by atoms with Crippen molar-refractivity contribution in [3.8, 4) is 11.3 Å². The van der Waals surface area contributed by atoms with Gasteiger partial charge in [0.1, 0.15) is 5.82 Å². The van der Waals surface area contributed by atoms with Crippen LogP contribution in [0.5, 0.6) is 0 Å². The van der Waals surface area contributed by atoms with Gasteiger partial charge in [0.05, 0.1) is 24.6 Å². The largest absolute Gasteiger partial charge is 0.465 e. The van der Waals surface area contributed by atoms with Crippen molar-refractivity contribution >= 4 is 5.97 Å². The van der Waals surface area contributed by atoms with Gasteiger partial charge in [-0.05, 0) is 12.1 Å². The number of ether oxygens (including phenoxy) is 1. The van der Waals surface area contributed by atoms with Crippen LogP contribution in [0.15, 0.2) is 36.8 Å². The highest BCUT2D eigenvalue weighted by Gasteiger charge is 2.13. The minimum Gasteiger partial charge on any atom is -0.465 e. The molecular weight excluding hydrogens is 223 g/mol. The Morgan fingerprint density at radius 2 is 2.18 bits per heavy atom. The number of carbonyl (C=O) groups excluding carboxylic acids is 1. The lowest BCUT2D eigenvalue weighted by Gasteiger charge is -2.03. The fourth-order valence-electron chi connectivity index (χ4n) is 1.40. The van der Waals surface area contributed by atoms with E-state index >= 15 is 0 Å². The summed E-state index contributed by atoms with van der Waals surface area (Å²) in [5.41, 5.74) is 1.01. The van der Waals surface area contributed by atoms with Gasteiger partial charge in [-0.2, -0.15) is 0 Å². The van der Waals surface area contributed by atoms with E-state index in [1.807, 2.05) is 0 Å². The van der Waals surface area contributed by atoms with Crippen molar-refractivity contribution in [3.63, 3.8) is 0 Å². The second-order valence-electron chi connectivity index (χ2n) is 3.28. The van der Waals surface area contributed by atoms with Gasteiger partial charge in [0.15, 0.2) is 0 Å². The Hall–Kier alpha value is -2.30. The molecule has 0 aliphatic heterocycles. The first-order chi connectivity index (χ1) is 8.22. The maximum absolute atomic E-state index is 13.6. The van der Waals surface area contributed by atoms with Gasteiger partial charge < -0.3 is 4.74 Å². The van der Waals surface area contributed by atoms with Crippen molar-refractivity contribution in [3.05, 3.63) is 48.2 Å². The topological polar surface area (TPSA) is 52.1 Å². The van der Waals surface area contributed by atoms with Gasteiger partial charge >= 0.3 is 5.97 Å². The van der Waals surface area contributed by atoms with E-state index in [1.165, 1.54) is 37.8 Å². The lowest BCUT2D eigenvalue weighted by molar-refractivity contribution is 0.0595. The third-order valence-electron chi connectivity index (χ3n) is 2.23. The molecule has 0 amide bonds. The standard InChI is InChI=1S/C12H9FN2O2/c1-17-12(16)9-3-2-8(6-10(9)13)11-7-14-4-5-15-11/h2-7H,1H3. The van der Waals surface area contributed by atoms with Gasteiger partial charge in [0.25, 0.3) is 0 Å². The Morgan fingerprint density at radius 1 is 1.35 bits per heavy atom. The molecule has 0 bridgehead atoms. The average molecular weight is 232 g/mol. The highest BCUT2D eigenvalue weighted by Crippen LogP contribution is 2.19. The molecule has 1 aromatic heterocycles. The monoisotopic (exact) mass is 232 g/mol. The average Bonchev–Trinajstić information content (AvgIpc) is 2.39. The number of hydrogen-bond donors (Lipinski definition) is 0. The molecule has 17 heavy (non-hydrogen) atoms. The second-order valence-corrected chi connectivity index (χ2v) is 3.28. The van der Waals surface area contributed by atoms with Crippen LogP contribution in [0.25, 0.3) is 11.3 Å². The molecule has 2 aromatic rings. The van der Waals surface area contributed by atoms with E-state index in [4.69, 9.17) is 0 Å². The van der Waals surface area contributed by atoms with Crippen molar-refractivity contribution in [2.24, 2.45) is 0 Å². The first kappa shape index (κ1) is 11.2. The van der Waals surface area contributed by atoms with Crippen LogP contribution in [-0.4, -0.2) is 23.0 Å². The van der Waals surface area contributed by atoms with E-state index in [-0.39, 0.29) is 5.56 Å². The first-order valence-electron chi connectivity index (χ1n) is 4.86. The molecule has 0 saturated heterocycles. The Kier molecular flexibility index (Phi) is 3.09. The molecule has 2 rings (SSSR count). The maximum atomic E-state index is 13.6. The van der Waals surface area contributed by atoms with Crippen LogP contribution in [0.2, 0.25) is 0 Å². The van der Waals surface area contributed by atoms with Gasteiger partial charge in [-0.1, -0.05) is 6.07 Å². The van der Waals surface area contributed by atoms with Gasteiger partial charge in [0, 0.05) is 18.0 Å². The number of esters is 1. The van der Waals surface area contributed by atoms with E-state index in [2.05, 4.69) is 14.7 Å². The maximum Gasteiger partial charge on any atom is 0.340 e. The van der Waals surface area contributed by atoms with E-state index in [1.54, 1.807) is 6.07 Å². The number of rotatable bonds is 2. The lowest BCUT2D eigenvalue weighted by atomic mass is 10.1. The molecule has 0 fully saturated rings. The lowest BCUT2D eigenvalue weighted by Crippen LogP contribution is -2.04. The molecule has 0 saturated carbocycles. The van der Waals surface area contributed by atoms with E-state index in [9.17, 15) is 9.18 Å².